The maximum atomic E-state index is 13.1. The predicted molar refractivity (Wildman–Crippen MR) is 155 cm³/mol. The third-order valence-electron chi connectivity index (χ3n) is 7.46. The molecule has 1 saturated heterocycles. The van der Waals surface area contributed by atoms with Crippen LogP contribution in [0.2, 0.25) is 0 Å². The van der Waals surface area contributed by atoms with Crippen molar-refractivity contribution in [2.24, 2.45) is 0 Å². The molecule has 0 aliphatic carbocycles. The van der Waals surface area contributed by atoms with Gasteiger partial charge in [-0.2, -0.15) is 13.2 Å². The first kappa shape index (κ1) is 28.5. The summed E-state index contributed by atoms with van der Waals surface area (Å²) in [5.41, 5.74) is 3.44. The minimum atomic E-state index is -4.38. The Morgan fingerprint density at radius 1 is 0.951 bits per heavy atom. The number of likely N-dealkylation sites (tertiary alicyclic amines) is 1. The van der Waals surface area contributed by atoms with Gasteiger partial charge in [-0.1, -0.05) is 24.3 Å². The van der Waals surface area contributed by atoms with E-state index in [-0.39, 0.29) is 6.04 Å². The van der Waals surface area contributed by atoms with Gasteiger partial charge in [-0.3, -0.25) is 0 Å². The Kier molecular flexibility index (Phi) is 8.49. The van der Waals surface area contributed by atoms with Crippen LogP contribution in [-0.2, 0) is 12.7 Å². The van der Waals surface area contributed by atoms with Crippen LogP contribution >= 0.6 is 0 Å². The van der Waals surface area contributed by atoms with Crippen molar-refractivity contribution in [3.05, 3.63) is 90.0 Å². The number of piperidine rings is 1. The zero-order valence-corrected chi connectivity index (χ0v) is 23.4. The topological polar surface area (TPSA) is 70.1 Å². The molecule has 1 fully saturated rings. The van der Waals surface area contributed by atoms with Crippen molar-refractivity contribution in [1.82, 2.24) is 24.8 Å². The second-order valence-electron chi connectivity index (χ2n) is 10.7. The number of halogens is 3. The third kappa shape index (κ3) is 7.18. The SMILES string of the molecule is Cc1cc(Nc2ccc(CN(c3nccc(-c4ccc(C(F)(F)F)cc4)n3)C3CCN(C(C)C)CC3)cc2)ncn1. The number of nitrogens with one attached hydrogen (secondary N) is 1. The van der Waals surface area contributed by atoms with Gasteiger partial charge in [-0.25, -0.2) is 19.9 Å². The van der Waals surface area contributed by atoms with Gasteiger partial charge in [0, 0.05) is 60.9 Å². The van der Waals surface area contributed by atoms with Crippen LogP contribution in [0.25, 0.3) is 11.3 Å². The Morgan fingerprint density at radius 3 is 2.29 bits per heavy atom. The number of nitrogens with zero attached hydrogens (tertiary/aromatic N) is 6. The summed E-state index contributed by atoms with van der Waals surface area (Å²) in [5.74, 6) is 1.31. The number of alkyl halides is 3. The lowest BCUT2D eigenvalue weighted by Gasteiger charge is -2.40. The summed E-state index contributed by atoms with van der Waals surface area (Å²) >= 11 is 0. The first-order valence-electron chi connectivity index (χ1n) is 13.8. The predicted octanol–water partition coefficient (Wildman–Crippen LogP) is 6.88. The second-order valence-corrected chi connectivity index (χ2v) is 10.7. The van der Waals surface area contributed by atoms with Gasteiger partial charge in [-0.15, -0.1) is 0 Å². The number of rotatable bonds is 8. The fraction of sp³-hybridized carbons (Fsp3) is 0.355. The molecule has 1 aliphatic heterocycles. The molecule has 0 amide bonds. The van der Waals surface area contributed by atoms with E-state index in [2.05, 4.69) is 56.0 Å². The maximum Gasteiger partial charge on any atom is 0.416 e. The summed E-state index contributed by atoms with van der Waals surface area (Å²) in [5, 5.41) is 3.31. The molecule has 0 spiro atoms. The number of hydrogen-bond acceptors (Lipinski definition) is 7. The highest BCUT2D eigenvalue weighted by molar-refractivity contribution is 5.61. The lowest BCUT2D eigenvalue weighted by molar-refractivity contribution is -0.137. The third-order valence-corrected chi connectivity index (χ3v) is 7.46. The molecule has 41 heavy (non-hydrogen) atoms. The molecular formula is C31H34F3N7. The van der Waals surface area contributed by atoms with E-state index in [4.69, 9.17) is 4.98 Å². The Morgan fingerprint density at radius 2 is 1.66 bits per heavy atom. The molecule has 0 atom stereocenters. The minimum absolute atomic E-state index is 0.231. The monoisotopic (exact) mass is 561 g/mol. The molecule has 0 bridgehead atoms. The van der Waals surface area contributed by atoms with Crippen LogP contribution in [0.5, 0.6) is 0 Å². The first-order valence-corrected chi connectivity index (χ1v) is 13.8. The molecule has 7 nitrogen and oxygen atoms in total. The van der Waals surface area contributed by atoms with E-state index >= 15 is 0 Å². The van der Waals surface area contributed by atoms with Crippen LogP contribution in [0.3, 0.4) is 0 Å². The van der Waals surface area contributed by atoms with Gasteiger partial charge in [0.05, 0.1) is 11.3 Å². The molecule has 10 heteroatoms. The normalized spacial score (nSPS) is 14.8. The van der Waals surface area contributed by atoms with Crippen molar-refractivity contribution in [2.75, 3.05) is 23.3 Å². The van der Waals surface area contributed by atoms with Crippen molar-refractivity contribution < 1.29 is 13.2 Å². The Hall–Kier alpha value is -4.05. The Balaban J connectivity index is 1.39. The average Bonchev–Trinajstić information content (AvgIpc) is 2.96. The first-order chi connectivity index (χ1) is 19.7. The molecule has 0 unspecified atom stereocenters. The van der Waals surface area contributed by atoms with Gasteiger partial charge in [-0.05, 0) is 69.5 Å². The highest BCUT2D eigenvalue weighted by Gasteiger charge is 2.30. The summed E-state index contributed by atoms with van der Waals surface area (Å²) in [7, 11) is 0. The Bertz CT molecular complexity index is 1430. The fourth-order valence-electron chi connectivity index (χ4n) is 5.12. The van der Waals surface area contributed by atoms with Gasteiger partial charge in [0.2, 0.25) is 5.95 Å². The van der Waals surface area contributed by atoms with Gasteiger partial charge in [0.1, 0.15) is 12.1 Å². The van der Waals surface area contributed by atoms with Crippen molar-refractivity contribution in [3.8, 4) is 11.3 Å². The van der Waals surface area contributed by atoms with E-state index in [1.54, 1.807) is 12.3 Å². The molecule has 4 aromatic rings. The standard InChI is InChI=1S/C31H34F3N7/c1-21(2)40-16-13-27(14-17-40)41(19-23-4-10-26(11-5-23)38-29-18-22(3)36-20-37-29)30-35-15-12-28(39-30)24-6-8-25(9-7-24)31(32,33)34/h4-12,15,18,20-21,27H,13-14,16-17,19H2,1-3H3,(H,36,37,38). The molecule has 3 heterocycles. The summed E-state index contributed by atoms with van der Waals surface area (Å²) < 4.78 is 39.3. The lowest BCUT2D eigenvalue weighted by atomic mass is 10.0. The molecule has 0 saturated carbocycles. The average molecular weight is 562 g/mol. The van der Waals surface area contributed by atoms with E-state index in [1.807, 2.05) is 25.1 Å². The number of aromatic nitrogens is 4. The van der Waals surface area contributed by atoms with Crippen LogP contribution in [-0.4, -0.2) is 50.0 Å². The molecule has 0 radical (unpaired) electrons. The van der Waals surface area contributed by atoms with Crippen molar-refractivity contribution in [1.29, 1.82) is 0 Å². The number of anilines is 3. The molecule has 2 aromatic heterocycles. The summed E-state index contributed by atoms with van der Waals surface area (Å²) in [6.07, 6.45) is 0.781. The van der Waals surface area contributed by atoms with Crippen molar-refractivity contribution in [3.63, 3.8) is 0 Å². The zero-order chi connectivity index (χ0) is 29.0. The maximum absolute atomic E-state index is 13.1. The van der Waals surface area contributed by atoms with Gasteiger partial charge in [0.15, 0.2) is 0 Å². The molecule has 1 N–H and O–H groups in total. The van der Waals surface area contributed by atoms with Gasteiger partial charge >= 0.3 is 6.18 Å². The van der Waals surface area contributed by atoms with E-state index in [9.17, 15) is 13.2 Å². The molecule has 214 valence electrons. The molecule has 2 aromatic carbocycles. The lowest BCUT2D eigenvalue weighted by Crippen LogP contribution is -2.47. The fourth-order valence-corrected chi connectivity index (χ4v) is 5.12. The molecule has 1 aliphatic rings. The largest absolute Gasteiger partial charge is 0.416 e. The number of hydrogen-bond donors (Lipinski definition) is 1. The van der Waals surface area contributed by atoms with Gasteiger partial charge in [0.25, 0.3) is 0 Å². The quantitative estimate of drug-likeness (QED) is 0.251. The molecule has 5 rings (SSSR count). The highest BCUT2D eigenvalue weighted by Crippen LogP contribution is 2.31. The molecular weight excluding hydrogens is 527 g/mol. The summed E-state index contributed by atoms with van der Waals surface area (Å²) in [6.45, 7) is 8.93. The zero-order valence-electron chi connectivity index (χ0n) is 23.4. The van der Waals surface area contributed by atoms with Crippen LogP contribution in [0.4, 0.5) is 30.6 Å². The van der Waals surface area contributed by atoms with E-state index < -0.39 is 11.7 Å². The van der Waals surface area contributed by atoms with Crippen molar-refractivity contribution in [2.45, 2.75) is 58.4 Å². The number of aryl methyl sites for hydroxylation is 1. The van der Waals surface area contributed by atoms with Crippen molar-refractivity contribution >= 4 is 17.5 Å². The van der Waals surface area contributed by atoms with Crippen LogP contribution in [0, 0.1) is 6.92 Å². The highest BCUT2D eigenvalue weighted by atomic mass is 19.4. The van der Waals surface area contributed by atoms with Crippen LogP contribution in [0.1, 0.15) is 43.5 Å². The van der Waals surface area contributed by atoms with Gasteiger partial charge < -0.3 is 15.1 Å². The minimum Gasteiger partial charge on any atom is -0.340 e. The van der Waals surface area contributed by atoms with E-state index in [1.165, 1.54) is 18.5 Å². The summed E-state index contributed by atoms with van der Waals surface area (Å²) in [4.78, 5) is 22.6. The van der Waals surface area contributed by atoms with Crippen LogP contribution in [0.15, 0.2) is 73.2 Å². The Labute approximate surface area is 238 Å². The number of benzene rings is 2. The smallest absolute Gasteiger partial charge is 0.340 e. The van der Waals surface area contributed by atoms with E-state index in [0.29, 0.717) is 29.8 Å². The second kappa shape index (κ2) is 12.2. The van der Waals surface area contributed by atoms with Crippen LogP contribution < -0.4 is 10.2 Å². The summed E-state index contributed by atoms with van der Waals surface area (Å²) in [6, 6.07) is 17.6. The van der Waals surface area contributed by atoms with E-state index in [0.717, 1.165) is 60.8 Å².